The van der Waals surface area contributed by atoms with Gasteiger partial charge in [-0.1, -0.05) is 115 Å². The molecule has 2 unspecified atom stereocenters. The zero-order valence-corrected chi connectivity index (χ0v) is 21.8. The van der Waals surface area contributed by atoms with E-state index in [1.807, 2.05) is 11.0 Å². The maximum absolute atomic E-state index is 13.4. The highest BCUT2D eigenvalue weighted by atomic mass is 16.6. The molecule has 4 nitrogen and oxygen atoms in total. The van der Waals surface area contributed by atoms with Gasteiger partial charge < -0.3 is 9.47 Å². The fourth-order valence-corrected chi connectivity index (χ4v) is 6.48. The van der Waals surface area contributed by atoms with E-state index in [2.05, 4.69) is 103 Å². The van der Waals surface area contributed by atoms with Crippen molar-refractivity contribution < 1.29 is 14.3 Å². The van der Waals surface area contributed by atoms with Gasteiger partial charge >= 0.3 is 6.09 Å². The summed E-state index contributed by atoms with van der Waals surface area (Å²) in [7, 11) is 0. The number of nitrogens with zero attached hydrogens (tertiary/aromatic N) is 1. The highest BCUT2D eigenvalue weighted by molar-refractivity contribution is 5.79. The Morgan fingerprint density at radius 2 is 1.41 bits per heavy atom. The van der Waals surface area contributed by atoms with Crippen molar-refractivity contribution in [2.24, 2.45) is 0 Å². The monoisotopic (exact) mass is 513 g/mol. The van der Waals surface area contributed by atoms with E-state index >= 15 is 0 Å². The first-order valence-corrected chi connectivity index (χ1v) is 13.8. The van der Waals surface area contributed by atoms with Crippen LogP contribution < -0.4 is 0 Å². The number of carbonyl (C=O) groups excluding carboxylic acids is 1. The zero-order chi connectivity index (χ0) is 26.2. The molecule has 194 valence electrons. The van der Waals surface area contributed by atoms with E-state index in [-0.39, 0.29) is 24.1 Å². The number of hydrogen-bond donors (Lipinski definition) is 0. The molecule has 0 radical (unpaired) electrons. The Labute approximate surface area is 229 Å². The molecule has 2 aliphatic heterocycles. The van der Waals surface area contributed by atoms with Gasteiger partial charge in [0.05, 0.1) is 25.3 Å². The van der Waals surface area contributed by atoms with E-state index in [0.717, 1.165) is 12.8 Å². The van der Waals surface area contributed by atoms with Crippen LogP contribution in [0, 0.1) is 0 Å². The van der Waals surface area contributed by atoms with Crippen molar-refractivity contribution in [3.8, 4) is 22.3 Å². The molecule has 2 heterocycles. The molecule has 4 heteroatoms. The van der Waals surface area contributed by atoms with Crippen molar-refractivity contribution in [1.29, 1.82) is 0 Å². The first-order chi connectivity index (χ1) is 19.2. The molecule has 2 atom stereocenters. The summed E-state index contributed by atoms with van der Waals surface area (Å²) in [6.07, 6.45) is 3.68. The van der Waals surface area contributed by atoms with Crippen LogP contribution in [0.4, 0.5) is 4.79 Å². The summed E-state index contributed by atoms with van der Waals surface area (Å²) in [4.78, 5) is 15.4. The van der Waals surface area contributed by atoms with Gasteiger partial charge in [-0.2, -0.15) is 0 Å². The molecule has 7 rings (SSSR count). The predicted octanol–water partition coefficient (Wildman–Crippen LogP) is 7.24. The summed E-state index contributed by atoms with van der Waals surface area (Å²) in [6.45, 7) is 1.40. The quantitative estimate of drug-likeness (QED) is 0.264. The Bertz CT molecular complexity index is 1480. The molecule has 0 N–H and O–H groups in total. The molecular weight excluding hydrogens is 482 g/mol. The Morgan fingerprint density at radius 1 is 0.769 bits per heavy atom. The first kappa shape index (κ1) is 23.9. The molecule has 4 aromatic carbocycles. The normalized spacial score (nSPS) is 19.7. The molecule has 1 amide bonds. The largest absolute Gasteiger partial charge is 0.448 e. The number of benzene rings is 4. The summed E-state index contributed by atoms with van der Waals surface area (Å²) >= 11 is 0. The maximum Gasteiger partial charge on any atom is 0.410 e. The third kappa shape index (κ3) is 4.55. The standard InChI is InChI=1S/C35H31NO3/c37-35(39-23-34-32-12-6-4-10-30(32)31-11-5-7-13-33(31)34)36-28-19-25(20-29(36)22-38-21-28)18-24-14-16-27(17-15-24)26-8-2-1-3-9-26/h1-17,19,28-29,34H,18,20-23H2. The zero-order valence-electron chi connectivity index (χ0n) is 21.8. The molecular formula is C35H31NO3. The number of fused-ring (bicyclic) bond motifs is 5. The molecule has 0 spiro atoms. The molecule has 3 aliphatic rings. The van der Waals surface area contributed by atoms with Gasteiger partial charge in [0.2, 0.25) is 0 Å². The van der Waals surface area contributed by atoms with E-state index in [0.29, 0.717) is 19.8 Å². The van der Waals surface area contributed by atoms with E-state index in [9.17, 15) is 4.79 Å². The van der Waals surface area contributed by atoms with Crippen LogP contribution in [0.3, 0.4) is 0 Å². The van der Waals surface area contributed by atoms with E-state index in [4.69, 9.17) is 9.47 Å². The first-order valence-electron chi connectivity index (χ1n) is 13.8. The maximum atomic E-state index is 13.4. The van der Waals surface area contributed by atoms with E-state index < -0.39 is 0 Å². The minimum atomic E-state index is -0.238. The highest BCUT2D eigenvalue weighted by Gasteiger charge is 2.39. The van der Waals surface area contributed by atoms with Crippen molar-refractivity contribution >= 4 is 6.09 Å². The van der Waals surface area contributed by atoms with Gasteiger partial charge in [-0.15, -0.1) is 0 Å². The van der Waals surface area contributed by atoms with Gasteiger partial charge in [-0.3, -0.25) is 4.90 Å². The van der Waals surface area contributed by atoms with Crippen LogP contribution in [0.25, 0.3) is 22.3 Å². The summed E-state index contributed by atoms with van der Waals surface area (Å²) in [6, 6.07) is 36.1. The minimum absolute atomic E-state index is 0.00277. The van der Waals surface area contributed by atoms with Crippen LogP contribution in [0.1, 0.15) is 29.0 Å². The highest BCUT2D eigenvalue weighted by Crippen LogP contribution is 2.44. The Kier molecular flexibility index (Phi) is 6.26. The van der Waals surface area contributed by atoms with Crippen LogP contribution in [-0.2, 0) is 15.9 Å². The van der Waals surface area contributed by atoms with Gasteiger partial charge in [-0.05, 0) is 51.8 Å². The molecule has 0 saturated carbocycles. The molecule has 2 bridgehead atoms. The van der Waals surface area contributed by atoms with Crippen molar-refractivity contribution in [1.82, 2.24) is 4.90 Å². The van der Waals surface area contributed by atoms with Crippen LogP contribution in [0.15, 0.2) is 115 Å². The summed E-state index contributed by atoms with van der Waals surface area (Å²) in [5, 5.41) is 0. The van der Waals surface area contributed by atoms with Gasteiger partial charge in [0.25, 0.3) is 0 Å². The molecule has 1 aliphatic carbocycles. The lowest BCUT2D eigenvalue weighted by atomic mass is 9.90. The van der Waals surface area contributed by atoms with Crippen LogP contribution in [-0.4, -0.2) is 42.9 Å². The van der Waals surface area contributed by atoms with Crippen LogP contribution in [0.5, 0.6) is 0 Å². The lowest BCUT2D eigenvalue weighted by Crippen LogP contribution is -2.56. The summed E-state index contributed by atoms with van der Waals surface area (Å²) < 4.78 is 11.9. The second-order valence-electron chi connectivity index (χ2n) is 10.7. The van der Waals surface area contributed by atoms with Gasteiger partial charge in [-0.25, -0.2) is 4.79 Å². The number of hydrogen-bond acceptors (Lipinski definition) is 3. The predicted molar refractivity (Wildman–Crippen MR) is 154 cm³/mol. The van der Waals surface area contributed by atoms with Crippen molar-refractivity contribution in [3.63, 3.8) is 0 Å². The number of rotatable bonds is 5. The molecule has 1 saturated heterocycles. The van der Waals surface area contributed by atoms with Crippen LogP contribution in [0.2, 0.25) is 0 Å². The second-order valence-corrected chi connectivity index (χ2v) is 10.7. The summed E-state index contributed by atoms with van der Waals surface area (Å²) in [5.74, 6) is 0.0622. The molecule has 4 aromatic rings. The number of ether oxygens (including phenoxy) is 2. The molecule has 0 aromatic heterocycles. The average molecular weight is 514 g/mol. The van der Waals surface area contributed by atoms with E-state index in [1.54, 1.807) is 0 Å². The molecule has 39 heavy (non-hydrogen) atoms. The van der Waals surface area contributed by atoms with Crippen molar-refractivity contribution in [2.75, 3.05) is 19.8 Å². The second kappa shape index (κ2) is 10.2. The Hall–Kier alpha value is -4.15. The van der Waals surface area contributed by atoms with Crippen LogP contribution >= 0.6 is 0 Å². The fraction of sp³-hybridized carbons (Fsp3) is 0.229. The van der Waals surface area contributed by atoms with Gasteiger partial charge in [0, 0.05) is 5.92 Å². The lowest BCUT2D eigenvalue weighted by Gasteiger charge is -2.44. The smallest absolute Gasteiger partial charge is 0.410 e. The summed E-state index contributed by atoms with van der Waals surface area (Å²) in [5.41, 5.74) is 10.0. The third-order valence-corrected chi connectivity index (χ3v) is 8.31. The number of amides is 1. The Balaban J connectivity index is 1.04. The molecule has 1 fully saturated rings. The average Bonchev–Trinajstić information content (AvgIpc) is 3.30. The third-order valence-electron chi connectivity index (χ3n) is 8.31. The topological polar surface area (TPSA) is 38.8 Å². The van der Waals surface area contributed by atoms with Crippen molar-refractivity contribution in [3.05, 3.63) is 131 Å². The lowest BCUT2D eigenvalue weighted by molar-refractivity contribution is -0.0363. The Morgan fingerprint density at radius 3 is 2.10 bits per heavy atom. The minimum Gasteiger partial charge on any atom is -0.448 e. The van der Waals surface area contributed by atoms with Gasteiger partial charge in [0.15, 0.2) is 0 Å². The number of morpholine rings is 1. The SMILES string of the molecule is O=C(OCC1c2ccccc2-c2ccccc21)N1C2C=C(Cc3ccc(-c4ccccc4)cc3)CC1COC2. The van der Waals surface area contributed by atoms with Crippen molar-refractivity contribution in [2.45, 2.75) is 30.8 Å². The van der Waals surface area contributed by atoms with E-state index in [1.165, 1.54) is 44.5 Å². The van der Waals surface area contributed by atoms with Gasteiger partial charge in [0.1, 0.15) is 6.61 Å². The fourth-order valence-electron chi connectivity index (χ4n) is 6.48. The number of carbonyl (C=O) groups is 1.